The second-order valence-corrected chi connectivity index (χ2v) is 1.71. The quantitative estimate of drug-likeness (QED) is 0.593. The number of rotatable bonds is 2. The lowest BCUT2D eigenvalue weighted by Crippen LogP contribution is -1.82. The highest BCUT2D eigenvalue weighted by Gasteiger charge is 2.00. The molecule has 0 aromatic carbocycles. The van der Waals surface area contributed by atoms with Gasteiger partial charge in [-0.1, -0.05) is 6.92 Å². The maximum Gasteiger partial charge on any atom is 0.237 e. The second-order valence-electron chi connectivity index (χ2n) is 1.71. The summed E-state index contributed by atoms with van der Waals surface area (Å²) in [4.78, 5) is 10.1. The summed E-state index contributed by atoms with van der Waals surface area (Å²) in [6.07, 6.45) is 4.03. The van der Waals surface area contributed by atoms with Crippen molar-refractivity contribution >= 4 is 6.29 Å². The van der Waals surface area contributed by atoms with Gasteiger partial charge in [-0.25, -0.2) is 0 Å². The van der Waals surface area contributed by atoms with Crippen LogP contribution in [-0.2, 0) is 11.2 Å². The van der Waals surface area contributed by atoms with Crippen LogP contribution in [0.2, 0.25) is 0 Å². The van der Waals surface area contributed by atoms with Gasteiger partial charge in [0, 0.05) is 6.42 Å². The van der Waals surface area contributed by atoms with Gasteiger partial charge >= 0.3 is 0 Å². The Bertz CT molecular complexity index is 200. The first kappa shape index (κ1) is 6.08. The molecule has 0 aliphatic heterocycles. The van der Waals surface area contributed by atoms with Gasteiger partial charge in [-0.15, -0.1) is 0 Å². The van der Waals surface area contributed by atoms with E-state index in [0.717, 1.165) is 6.42 Å². The third-order valence-corrected chi connectivity index (χ3v) is 1.18. The second kappa shape index (κ2) is 2.49. The van der Waals surface area contributed by atoms with Crippen molar-refractivity contribution in [2.45, 2.75) is 13.3 Å². The third kappa shape index (κ3) is 1.02. The molecule has 0 N–H and O–H groups in total. The van der Waals surface area contributed by atoms with Gasteiger partial charge < -0.3 is 4.42 Å². The fraction of sp³-hybridized carbons (Fsp3) is 0.286. The molecule has 1 radical (unpaired) electrons. The van der Waals surface area contributed by atoms with Crippen LogP contribution in [0.1, 0.15) is 18.2 Å². The number of hydrogen-bond acceptors (Lipinski definition) is 2. The molecule has 47 valence electrons. The van der Waals surface area contributed by atoms with Crippen LogP contribution in [0, 0.1) is 0 Å². The van der Waals surface area contributed by atoms with Crippen molar-refractivity contribution in [2.24, 2.45) is 0 Å². The summed E-state index contributed by atoms with van der Waals surface area (Å²) in [5, 5.41) is 0. The number of carbonyl (C=O) groups excluding carboxylic acids is 1. The van der Waals surface area contributed by atoms with E-state index >= 15 is 0 Å². The Morgan fingerprint density at radius 3 is 3.00 bits per heavy atom. The van der Waals surface area contributed by atoms with Gasteiger partial charge in [0.05, 0.1) is 11.8 Å². The van der Waals surface area contributed by atoms with E-state index in [-0.39, 0.29) is 0 Å². The van der Waals surface area contributed by atoms with E-state index in [1.165, 1.54) is 6.26 Å². The van der Waals surface area contributed by atoms with Gasteiger partial charge in [0.25, 0.3) is 0 Å². The maximum atomic E-state index is 10.1. The smallest absolute Gasteiger partial charge is 0.237 e. The molecule has 0 aliphatic carbocycles. The molecule has 1 aromatic rings. The van der Waals surface area contributed by atoms with Crippen LogP contribution >= 0.6 is 0 Å². The summed E-state index contributed by atoms with van der Waals surface area (Å²) in [5.41, 5.74) is 0.539. The van der Waals surface area contributed by atoms with Crippen molar-refractivity contribution in [3.8, 4) is 0 Å². The van der Waals surface area contributed by atoms with Gasteiger partial charge in [-0.05, 0) is 6.07 Å². The Kier molecular flexibility index (Phi) is 1.68. The Labute approximate surface area is 53.5 Å². The fourth-order valence-corrected chi connectivity index (χ4v) is 0.705. The van der Waals surface area contributed by atoms with Crippen molar-refractivity contribution in [3.05, 3.63) is 23.7 Å². The van der Waals surface area contributed by atoms with Crippen LogP contribution in [0.4, 0.5) is 0 Å². The molecule has 2 heteroatoms. The molecule has 0 spiro atoms. The Morgan fingerprint density at radius 1 is 1.78 bits per heavy atom. The molecule has 0 fully saturated rings. The molecule has 0 bridgehead atoms. The Morgan fingerprint density at radius 2 is 2.56 bits per heavy atom. The first-order valence-corrected chi connectivity index (χ1v) is 2.83. The summed E-state index contributed by atoms with van der Waals surface area (Å²) in [6, 6.07) is 1.62. The lowest BCUT2D eigenvalue weighted by Gasteiger charge is -1.85. The van der Waals surface area contributed by atoms with Crippen molar-refractivity contribution in [1.82, 2.24) is 0 Å². The Hall–Kier alpha value is -1.05. The van der Waals surface area contributed by atoms with Gasteiger partial charge in [0.15, 0.2) is 0 Å². The van der Waals surface area contributed by atoms with E-state index < -0.39 is 0 Å². The fourth-order valence-electron chi connectivity index (χ4n) is 0.705. The molecule has 1 rings (SSSR count). The first-order chi connectivity index (χ1) is 4.38. The number of aryl methyl sites for hydroxylation is 1. The first-order valence-electron chi connectivity index (χ1n) is 2.83. The van der Waals surface area contributed by atoms with E-state index in [1.807, 2.05) is 6.92 Å². The van der Waals surface area contributed by atoms with E-state index in [9.17, 15) is 4.79 Å². The van der Waals surface area contributed by atoms with E-state index in [0.29, 0.717) is 11.3 Å². The molecule has 0 unspecified atom stereocenters. The third-order valence-electron chi connectivity index (χ3n) is 1.18. The SMILES string of the molecule is CCc1occc1[C]=O. The van der Waals surface area contributed by atoms with E-state index in [4.69, 9.17) is 4.42 Å². The lowest BCUT2D eigenvalue weighted by molar-refractivity contribution is 0.512. The average molecular weight is 123 g/mol. The molecular formula is C7H7O2. The van der Waals surface area contributed by atoms with E-state index in [2.05, 4.69) is 0 Å². The summed E-state index contributed by atoms with van der Waals surface area (Å²) < 4.78 is 4.94. The molecule has 0 amide bonds. The highest BCUT2D eigenvalue weighted by atomic mass is 16.3. The predicted octanol–water partition coefficient (Wildman–Crippen LogP) is 1.30. The minimum absolute atomic E-state index is 0.539. The zero-order chi connectivity index (χ0) is 6.69. The molecule has 2 nitrogen and oxygen atoms in total. The standard InChI is InChI=1S/C7H7O2/c1-2-7-6(5-8)3-4-9-7/h3-4H,2H2,1H3. The predicted molar refractivity (Wildman–Crippen MR) is 32.9 cm³/mol. The zero-order valence-electron chi connectivity index (χ0n) is 5.18. The molecule has 0 saturated carbocycles. The highest BCUT2D eigenvalue weighted by Crippen LogP contribution is 2.07. The van der Waals surface area contributed by atoms with Crippen LogP contribution in [-0.4, -0.2) is 6.29 Å². The molecular weight excluding hydrogens is 116 g/mol. The van der Waals surface area contributed by atoms with Gasteiger partial charge in [0.1, 0.15) is 5.76 Å². The Balaban J connectivity index is 2.98. The van der Waals surface area contributed by atoms with Crippen molar-refractivity contribution in [2.75, 3.05) is 0 Å². The normalized spacial score (nSPS) is 9.44. The molecule has 0 saturated heterocycles. The maximum absolute atomic E-state index is 10.1. The van der Waals surface area contributed by atoms with Gasteiger partial charge in [0.2, 0.25) is 6.29 Å². The molecule has 1 aromatic heterocycles. The molecule has 9 heavy (non-hydrogen) atoms. The van der Waals surface area contributed by atoms with Crippen molar-refractivity contribution in [1.29, 1.82) is 0 Å². The molecule has 0 aliphatic rings. The minimum Gasteiger partial charge on any atom is -0.469 e. The van der Waals surface area contributed by atoms with E-state index in [1.54, 1.807) is 12.4 Å². The van der Waals surface area contributed by atoms with Crippen molar-refractivity contribution < 1.29 is 9.21 Å². The monoisotopic (exact) mass is 123 g/mol. The zero-order valence-corrected chi connectivity index (χ0v) is 5.18. The number of hydrogen-bond donors (Lipinski definition) is 0. The topological polar surface area (TPSA) is 30.2 Å². The summed E-state index contributed by atoms with van der Waals surface area (Å²) in [5.74, 6) is 0.713. The highest BCUT2D eigenvalue weighted by molar-refractivity contribution is 5.76. The van der Waals surface area contributed by atoms with Crippen LogP contribution in [0.15, 0.2) is 16.7 Å². The molecule has 0 atom stereocenters. The van der Waals surface area contributed by atoms with Crippen LogP contribution in [0.25, 0.3) is 0 Å². The van der Waals surface area contributed by atoms with Gasteiger partial charge in [-0.3, -0.25) is 4.79 Å². The van der Waals surface area contributed by atoms with Gasteiger partial charge in [-0.2, -0.15) is 0 Å². The average Bonchev–Trinajstić information content (AvgIpc) is 2.33. The largest absolute Gasteiger partial charge is 0.469 e. The van der Waals surface area contributed by atoms with Crippen LogP contribution in [0.5, 0.6) is 0 Å². The van der Waals surface area contributed by atoms with Crippen LogP contribution < -0.4 is 0 Å². The summed E-state index contributed by atoms with van der Waals surface area (Å²) in [7, 11) is 0. The van der Waals surface area contributed by atoms with Crippen LogP contribution in [0.3, 0.4) is 0 Å². The summed E-state index contributed by atoms with van der Waals surface area (Å²) >= 11 is 0. The number of furan rings is 1. The molecule has 1 heterocycles. The summed E-state index contributed by atoms with van der Waals surface area (Å²) in [6.45, 7) is 1.93. The van der Waals surface area contributed by atoms with Crippen molar-refractivity contribution in [3.63, 3.8) is 0 Å². The minimum atomic E-state index is 0.539. The lowest BCUT2D eigenvalue weighted by atomic mass is 10.2.